The number of aryl methyl sites for hydroxylation is 1. The third-order valence-electron chi connectivity index (χ3n) is 5.39. The number of hydrogen-bond donors (Lipinski definition) is 1. The maximum absolute atomic E-state index is 13.5. The molecule has 0 radical (unpaired) electrons. The Bertz CT molecular complexity index is 1050. The highest BCUT2D eigenvalue weighted by atomic mass is 19.1. The number of aliphatic hydroxyl groups is 1. The van der Waals surface area contributed by atoms with Gasteiger partial charge in [-0.05, 0) is 74.3 Å². The van der Waals surface area contributed by atoms with Gasteiger partial charge in [-0.25, -0.2) is 13.5 Å². The molecule has 1 aromatic heterocycles. The van der Waals surface area contributed by atoms with E-state index in [9.17, 15) is 13.9 Å². The molecule has 1 N–H and O–H groups in total. The van der Waals surface area contributed by atoms with Crippen molar-refractivity contribution in [3.63, 3.8) is 0 Å². The lowest BCUT2D eigenvalue weighted by atomic mass is 10.2. The number of rotatable bonds is 13. The average Bonchev–Trinajstić information content (AvgIpc) is 3.10. The summed E-state index contributed by atoms with van der Waals surface area (Å²) < 4.78 is 40.4. The fourth-order valence-corrected chi connectivity index (χ4v) is 3.76. The molecule has 2 aromatic carbocycles. The molecule has 0 saturated carbocycles. The Morgan fingerprint density at radius 2 is 1.63 bits per heavy atom. The molecule has 0 aliphatic carbocycles. The van der Waals surface area contributed by atoms with Crippen LogP contribution in [-0.4, -0.2) is 52.2 Å². The molecule has 0 saturated heterocycles. The summed E-state index contributed by atoms with van der Waals surface area (Å²) in [4.78, 5) is 2.14. The Kier molecular flexibility index (Phi) is 9.77. The Hall–Kier alpha value is -2.81. The monoisotopic (exact) mass is 487 g/mol. The lowest BCUT2D eigenvalue weighted by Crippen LogP contribution is -2.35. The Labute approximate surface area is 206 Å². The molecule has 1 atom stereocenters. The van der Waals surface area contributed by atoms with Gasteiger partial charge in [-0.15, -0.1) is 0 Å². The average molecular weight is 488 g/mol. The minimum absolute atomic E-state index is 0.269. The molecule has 190 valence electrons. The van der Waals surface area contributed by atoms with Gasteiger partial charge in [0.1, 0.15) is 17.4 Å². The molecule has 0 amide bonds. The lowest BCUT2D eigenvalue weighted by molar-refractivity contribution is 0.00681. The van der Waals surface area contributed by atoms with Gasteiger partial charge in [-0.2, -0.15) is 5.10 Å². The van der Waals surface area contributed by atoms with Crippen molar-refractivity contribution in [2.75, 3.05) is 26.3 Å². The van der Waals surface area contributed by atoms with Gasteiger partial charge in [0.25, 0.3) is 0 Å². The Morgan fingerprint density at radius 3 is 2.23 bits per heavy atom. The lowest BCUT2D eigenvalue weighted by Gasteiger charge is -2.25. The summed E-state index contributed by atoms with van der Waals surface area (Å²) in [6, 6.07) is 11.8. The largest absolute Gasteiger partial charge is 0.439 e. The van der Waals surface area contributed by atoms with Crippen LogP contribution in [0.25, 0.3) is 5.69 Å². The number of halogens is 2. The fourth-order valence-electron chi connectivity index (χ4n) is 3.76. The molecule has 0 aliphatic heterocycles. The molecular formula is C27H35F2N3O3. The van der Waals surface area contributed by atoms with E-state index >= 15 is 0 Å². The molecule has 0 bridgehead atoms. The zero-order valence-corrected chi connectivity index (χ0v) is 20.9. The van der Waals surface area contributed by atoms with Crippen LogP contribution in [0.15, 0.2) is 48.5 Å². The predicted octanol–water partition coefficient (Wildman–Crippen LogP) is 5.50. The molecule has 0 aliphatic rings. The Morgan fingerprint density at radius 1 is 1.00 bits per heavy atom. The summed E-state index contributed by atoms with van der Waals surface area (Å²) in [6.07, 6.45) is 0.271. The highest BCUT2D eigenvalue weighted by Crippen LogP contribution is 2.32. The second kappa shape index (κ2) is 12.8. The van der Waals surface area contributed by atoms with E-state index in [2.05, 4.69) is 30.8 Å². The molecule has 3 aromatic rings. The number of nitrogens with zero attached hydrogens (tertiary/aromatic N) is 3. The van der Waals surface area contributed by atoms with Crippen molar-refractivity contribution in [1.29, 1.82) is 0 Å². The first-order valence-electron chi connectivity index (χ1n) is 12.0. The molecular weight excluding hydrogens is 452 g/mol. The van der Waals surface area contributed by atoms with Crippen LogP contribution in [0, 0.1) is 24.5 Å². The van der Waals surface area contributed by atoms with Gasteiger partial charge in [-0.3, -0.25) is 4.90 Å². The van der Waals surface area contributed by atoms with Crippen molar-refractivity contribution < 1.29 is 23.4 Å². The Balaban J connectivity index is 1.89. The number of aliphatic hydroxyl groups excluding tert-OH is 1. The zero-order valence-electron chi connectivity index (χ0n) is 20.9. The highest BCUT2D eigenvalue weighted by Gasteiger charge is 2.22. The van der Waals surface area contributed by atoms with Crippen molar-refractivity contribution in [2.24, 2.45) is 5.92 Å². The summed E-state index contributed by atoms with van der Waals surface area (Å²) in [7, 11) is 0. The molecule has 35 heavy (non-hydrogen) atoms. The van der Waals surface area contributed by atoms with Crippen molar-refractivity contribution >= 4 is 0 Å². The minimum atomic E-state index is -0.630. The van der Waals surface area contributed by atoms with Crippen LogP contribution in [-0.2, 0) is 11.3 Å². The van der Waals surface area contributed by atoms with Crippen molar-refractivity contribution in [3.05, 3.63) is 71.4 Å². The third kappa shape index (κ3) is 7.85. The van der Waals surface area contributed by atoms with E-state index in [-0.39, 0.29) is 18.2 Å². The first-order valence-corrected chi connectivity index (χ1v) is 12.0. The van der Waals surface area contributed by atoms with E-state index in [1.807, 2.05) is 6.92 Å². The maximum atomic E-state index is 13.5. The zero-order chi connectivity index (χ0) is 25.4. The molecule has 1 heterocycles. The number of ether oxygens (including phenoxy) is 2. The van der Waals surface area contributed by atoms with Crippen molar-refractivity contribution in [2.45, 2.75) is 46.8 Å². The first kappa shape index (κ1) is 26.8. The smallest absolute Gasteiger partial charge is 0.227 e. The van der Waals surface area contributed by atoms with Crippen molar-refractivity contribution in [1.82, 2.24) is 14.7 Å². The van der Waals surface area contributed by atoms with E-state index in [1.165, 1.54) is 24.3 Å². The van der Waals surface area contributed by atoms with Crippen LogP contribution in [0.3, 0.4) is 0 Å². The standard InChI is InChI=1S/C27H35F2N3O3/c1-5-14-31(15-24(33)18-34-17-19(2)3)16-26-20(4)30-32(23-10-6-21(28)7-11-23)27(26)35-25-12-8-22(29)9-13-25/h6-13,19,24,33H,5,14-18H2,1-4H3/t24-/m0/s1. The summed E-state index contributed by atoms with van der Waals surface area (Å²) in [5.74, 6) is 0.623. The van der Waals surface area contributed by atoms with Gasteiger partial charge < -0.3 is 14.6 Å². The van der Waals surface area contributed by atoms with Gasteiger partial charge in [0, 0.05) is 19.7 Å². The number of aromatic nitrogens is 2. The topological polar surface area (TPSA) is 59.8 Å². The minimum Gasteiger partial charge on any atom is -0.439 e. The van der Waals surface area contributed by atoms with Gasteiger partial charge >= 0.3 is 0 Å². The van der Waals surface area contributed by atoms with Crippen LogP contribution in [0.5, 0.6) is 11.6 Å². The quantitative estimate of drug-likeness (QED) is 0.345. The highest BCUT2D eigenvalue weighted by molar-refractivity contribution is 5.43. The summed E-state index contributed by atoms with van der Waals surface area (Å²) in [5, 5.41) is 15.2. The normalized spacial score (nSPS) is 12.5. The second-order valence-corrected chi connectivity index (χ2v) is 9.13. The molecule has 0 fully saturated rings. The number of benzene rings is 2. The van der Waals surface area contributed by atoms with Crippen LogP contribution < -0.4 is 4.74 Å². The summed E-state index contributed by atoms with van der Waals surface area (Å²) >= 11 is 0. The van der Waals surface area contributed by atoms with Gasteiger partial charge in [0.15, 0.2) is 0 Å². The van der Waals surface area contributed by atoms with E-state index < -0.39 is 6.10 Å². The van der Waals surface area contributed by atoms with E-state index in [4.69, 9.17) is 9.47 Å². The van der Waals surface area contributed by atoms with E-state index in [0.29, 0.717) is 42.9 Å². The molecule has 3 rings (SSSR count). The van der Waals surface area contributed by atoms with E-state index in [1.54, 1.807) is 28.9 Å². The molecule has 6 nitrogen and oxygen atoms in total. The van der Waals surface area contributed by atoms with Gasteiger partial charge in [0.2, 0.25) is 5.88 Å². The summed E-state index contributed by atoms with van der Waals surface area (Å²) in [5.41, 5.74) is 2.22. The molecule has 8 heteroatoms. The third-order valence-corrected chi connectivity index (χ3v) is 5.39. The van der Waals surface area contributed by atoms with Crippen LogP contribution >= 0.6 is 0 Å². The van der Waals surface area contributed by atoms with Crippen LogP contribution in [0.1, 0.15) is 38.4 Å². The number of hydrogen-bond acceptors (Lipinski definition) is 5. The van der Waals surface area contributed by atoms with Crippen LogP contribution in [0.2, 0.25) is 0 Å². The molecule has 0 spiro atoms. The van der Waals surface area contributed by atoms with Gasteiger partial charge in [-0.1, -0.05) is 20.8 Å². The fraction of sp³-hybridized carbons (Fsp3) is 0.444. The maximum Gasteiger partial charge on any atom is 0.227 e. The SMILES string of the molecule is CCCN(Cc1c(C)nn(-c2ccc(F)cc2)c1Oc1ccc(F)cc1)C[C@H](O)COCC(C)C. The molecule has 0 unspecified atom stereocenters. The second-order valence-electron chi connectivity index (χ2n) is 9.13. The predicted molar refractivity (Wildman–Crippen MR) is 132 cm³/mol. The van der Waals surface area contributed by atoms with Crippen molar-refractivity contribution in [3.8, 4) is 17.3 Å². The van der Waals surface area contributed by atoms with Gasteiger partial charge in [0.05, 0.1) is 29.7 Å². The van der Waals surface area contributed by atoms with Crippen LogP contribution in [0.4, 0.5) is 8.78 Å². The summed E-state index contributed by atoms with van der Waals surface area (Å²) in [6.45, 7) is 10.7. The first-order chi connectivity index (χ1) is 16.8. The van der Waals surface area contributed by atoms with E-state index in [0.717, 1.165) is 24.2 Å².